The highest BCUT2D eigenvalue weighted by molar-refractivity contribution is 5.96. The summed E-state index contributed by atoms with van der Waals surface area (Å²) in [5, 5.41) is 12.0. The molecule has 0 aliphatic carbocycles. The molecule has 160 valence electrons. The molecule has 1 saturated heterocycles. The van der Waals surface area contributed by atoms with Crippen molar-refractivity contribution in [2.45, 2.75) is 19.3 Å². The molecule has 2 heterocycles. The van der Waals surface area contributed by atoms with Gasteiger partial charge in [0.2, 0.25) is 5.91 Å². The van der Waals surface area contributed by atoms with Crippen molar-refractivity contribution in [3.63, 3.8) is 0 Å². The van der Waals surface area contributed by atoms with Crippen LogP contribution in [0.25, 0.3) is 11.3 Å². The van der Waals surface area contributed by atoms with E-state index in [1.807, 2.05) is 73.7 Å². The number of likely N-dealkylation sites (N-methyl/N-ethyl adjacent to an activating group) is 1. The number of aromatic nitrogens is 2. The summed E-state index contributed by atoms with van der Waals surface area (Å²) in [5.74, 6) is 0.741. The lowest BCUT2D eigenvalue weighted by atomic mass is 9.95. The summed E-state index contributed by atoms with van der Waals surface area (Å²) >= 11 is 0. The highest BCUT2D eigenvalue weighted by Gasteiger charge is 2.19. The summed E-state index contributed by atoms with van der Waals surface area (Å²) < 4.78 is 0. The molecule has 0 spiro atoms. The molecule has 3 aromatic rings. The van der Waals surface area contributed by atoms with E-state index in [1.165, 1.54) is 0 Å². The highest BCUT2D eigenvalue weighted by atomic mass is 16.1. The number of hydrogen-bond acceptors (Lipinski definition) is 5. The van der Waals surface area contributed by atoms with Crippen LogP contribution in [0, 0.1) is 0 Å². The number of anilines is 2. The molecule has 1 aromatic heterocycles. The van der Waals surface area contributed by atoms with E-state index < -0.39 is 0 Å². The quantitative estimate of drug-likeness (QED) is 0.659. The standard InChI is InChI=1S/C25H29N5O/c1-3-22(19-8-5-4-6-9-19)25(31)26-21-11-7-10-20(18-21)23-12-13-24(28-27-23)30-16-14-29(2)15-17-30/h4-13,18,22H,3,14-17H2,1-2H3,(H,26,31)/t22-/m1/s1. The van der Waals surface area contributed by atoms with Gasteiger partial charge in [0, 0.05) is 37.4 Å². The number of carbonyl (C=O) groups excluding carboxylic acids is 1. The lowest BCUT2D eigenvalue weighted by Gasteiger charge is -2.32. The van der Waals surface area contributed by atoms with Crippen LogP contribution < -0.4 is 10.2 Å². The Kier molecular flexibility index (Phi) is 6.57. The molecule has 1 N–H and O–H groups in total. The molecule has 2 aromatic carbocycles. The molecule has 4 rings (SSSR count). The van der Waals surface area contributed by atoms with E-state index in [4.69, 9.17) is 0 Å². The van der Waals surface area contributed by atoms with Crippen LogP contribution in [-0.4, -0.2) is 54.2 Å². The Balaban J connectivity index is 1.46. The molecule has 1 amide bonds. The zero-order valence-corrected chi connectivity index (χ0v) is 18.2. The van der Waals surface area contributed by atoms with Gasteiger partial charge in [-0.1, -0.05) is 49.4 Å². The second kappa shape index (κ2) is 9.71. The van der Waals surface area contributed by atoms with Gasteiger partial charge in [-0.2, -0.15) is 0 Å². The predicted octanol–water partition coefficient (Wildman–Crippen LogP) is 4.03. The molecule has 0 radical (unpaired) electrons. The van der Waals surface area contributed by atoms with Gasteiger partial charge in [-0.25, -0.2) is 0 Å². The molecular formula is C25H29N5O. The van der Waals surface area contributed by atoms with Gasteiger partial charge >= 0.3 is 0 Å². The lowest BCUT2D eigenvalue weighted by Crippen LogP contribution is -2.44. The Hall–Kier alpha value is -3.25. The first-order valence-corrected chi connectivity index (χ1v) is 10.9. The summed E-state index contributed by atoms with van der Waals surface area (Å²) in [6.07, 6.45) is 0.745. The Morgan fingerprint density at radius 1 is 0.968 bits per heavy atom. The largest absolute Gasteiger partial charge is 0.353 e. The van der Waals surface area contributed by atoms with Crippen molar-refractivity contribution < 1.29 is 4.79 Å². The van der Waals surface area contributed by atoms with Gasteiger partial charge in [0.15, 0.2) is 5.82 Å². The summed E-state index contributed by atoms with van der Waals surface area (Å²) in [6, 6.07) is 21.7. The SMILES string of the molecule is CC[C@@H](C(=O)Nc1cccc(-c2ccc(N3CCN(C)CC3)nn2)c1)c1ccccc1. The minimum atomic E-state index is -0.174. The summed E-state index contributed by atoms with van der Waals surface area (Å²) in [7, 11) is 2.14. The number of benzene rings is 2. The van der Waals surface area contributed by atoms with E-state index in [9.17, 15) is 4.79 Å². The second-order valence-electron chi connectivity index (χ2n) is 8.01. The third-order valence-electron chi connectivity index (χ3n) is 5.83. The normalized spacial score (nSPS) is 15.5. The maximum Gasteiger partial charge on any atom is 0.231 e. The van der Waals surface area contributed by atoms with Gasteiger partial charge < -0.3 is 15.1 Å². The van der Waals surface area contributed by atoms with E-state index in [2.05, 4.69) is 32.4 Å². The maximum absolute atomic E-state index is 12.9. The van der Waals surface area contributed by atoms with E-state index in [1.54, 1.807) is 0 Å². The van der Waals surface area contributed by atoms with Crippen LogP contribution in [0.4, 0.5) is 11.5 Å². The van der Waals surface area contributed by atoms with Crippen LogP contribution in [-0.2, 0) is 4.79 Å². The first-order valence-electron chi connectivity index (χ1n) is 10.9. The zero-order valence-electron chi connectivity index (χ0n) is 18.2. The van der Waals surface area contributed by atoms with Crippen molar-refractivity contribution in [3.05, 3.63) is 72.3 Å². The predicted molar refractivity (Wildman–Crippen MR) is 125 cm³/mol. The molecule has 6 heteroatoms. The number of nitrogens with one attached hydrogen (secondary N) is 1. The second-order valence-corrected chi connectivity index (χ2v) is 8.01. The topological polar surface area (TPSA) is 61.4 Å². The minimum Gasteiger partial charge on any atom is -0.353 e. The molecule has 0 bridgehead atoms. The van der Waals surface area contributed by atoms with Crippen molar-refractivity contribution in [1.82, 2.24) is 15.1 Å². The van der Waals surface area contributed by atoms with Crippen molar-refractivity contribution in [3.8, 4) is 11.3 Å². The first-order chi connectivity index (χ1) is 15.1. The van der Waals surface area contributed by atoms with Crippen LogP contribution in [0.5, 0.6) is 0 Å². The zero-order chi connectivity index (χ0) is 21.6. The summed E-state index contributed by atoms with van der Waals surface area (Å²) in [5.41, 5.74) is 3.53. The van der Waals surface area contributed by atoms with Crippen molar-refractivity contribution in [2.24, 2.45) is 0 Å². The Bertz CT molecular complexity index is 998. The van der Waals surface area contributed by atoms with Gasteiger partial charge in [-0.05, 0) is 43.3 Å². The van der Waals surface area contributed by atoms with Gasteiger partial charge in [0.1, 0.15) is 0 Å². The molecular weight excluding hydrogens is 386 g/mol. The molecule has 31 heavy (non-hydrogen) atoms. The van der Waals surface area contributed by atoms with Gasteiger partial charge in [-0.3, -0.25) is 4.79 Å². The minimum absolute atomic E-state index is 0.00217. The number of carbonyl (C=O) groups is 1. The van der Waals surface area contributed by atoms with Gasteiger partial charge in [-0.15, -0.1) is 10.2 Å². The number of hydrogen-bond donors (Lipinski definition) is 1. The monoisotopic (exact) mass is 415 g/mol. The third-order valence-corrected chi connectivity index (χ3v) is 5.83. The van der Waals surface area contributed by atoms with Crippen LogP contribution in [0.3, 0.4) is 0 Å². The van der Waals surface area contributed by atoms with Gasteiger partial charge in [0.05, 0.1) is 11.6 Å². The van der Waals surface area contributed by atoms with Crippen molar-refractivity contribution >= 4 is 17.4 Å². The highest BCUT2D eigenvalue weighted by Crippen LogP contribution is 2.25. The fourth-order valence-electron chi connectivity index (χ4n) is 3.93. The van der Waals surface area contributed by atoms with E-state index in [-0.39, 0.29) is 11.8 Å². The third kappa shape index (κ3) is 5.09. The van der Waals surface area contributed by atoms with E-state index >= 15 is 0 Å². The number of amides is 1. The smallest absolute Gasteiger partial charge is 0.231 e. The fourth-order valence-corrected chi connectivity index (χ4v) is 3.93. The number of nitrogens with zero attached hydrogens (tertiary/aromatic N) is 4. The van der Waals surface area contributed by atoms with Crippen molar-refractivity contribution in [1.29, 1.82) is 0 Å². The van der Waals surface area contributed by atoms with Crippen LogP contribution in [0.2, 0.25) is 0 Å². The molecule has 1 atom stereocenters. The van der Waals surface area contributed by atoms with Crippen LogP contribution >= 0.6 is 0 Å². The lowest BCUT2D eigenvalue weighted by molar-refractivity contribution is -0.117. The first kappa shape index (κ1) is 21.0. The maximum atomic E-state index is 12.9. The number of piperazine rings is 1. The Labute approximate surface area is 183 Å². The Morgan fingerprint density at radius 3 is 2.42 bits per heavy atom. The molecule has 0 saturated carbocycles. The van der Waals surface area contributed by atoms with Gasteiger partial charge in [0.25, 0.3) is 0 Å². The summed E-state index contributed by atoms with van der Waals surface area (Å²) in [6.45, 7) is 6.03. The molecule has 1 aliphatic heterocycles. The van der Waals surface area contributed by atoms with Crippen molar-refractivity contribution in [2.75, 3.05) is 43.4 Å². The molecule has 1 fully saturated rings. The average Bonchev–Trinajstić information content (AvgIpc) is 2.81. The Morgan fingerprint density at radius 2 is 1.74 bits per heavy atom. The molecule has 0 unspecified atom stereocenters. The fraction of sp³-hybridized carbons (Fsp3) is 0.320. The molecule has 1 aliphatic rings. The average molecular weight is 416 g/mol. The molecule has 6 nitrogen and oxygen atoms in total. The summed E-state index contributed by atoms with van der Waals surface area (Å²) in [4.78, 5) is 17.5. The number of rotatable bonds is 6. The van der Waals surface area contributed by atoms with E-state index in [0.717, 1.165) is 60.9 Å². The van der Waals surface area contributed by atoms with Crippen LogP contribution in [0.1, 0.15) is 24.8 Å². The van der Waals surface area contributed by atoms with Crippen LogP contribution in [0.15, 0.2) is 66.7 Å². The van der Waals surface area contributed by atoms with E-state index in [0.29, 0.717) is 0 Å².